The Labute approximate surface area is 148 Å². The molecule has 0 N–H and O–H groups in total. The summed E-state index contributed by atoms with van der Waals surface area (Å²) in [5.41, 5.74) is 2.50. The molecule has 1 aliphatic rings. The van der Waals surface area contributed by atoms with Crippen molar-refractivity contribution >= 4 is 0 Å². The van der Waals surface area contributed by atoms with Gasteiger partial charge in [-0.05, 0) is 44.1 Å². The van der Waals surface area contributed by atoms with E-state index < -0.39 is 0 Å². The van der Waals surface area contributed by atoms with Crippen molar-refractivity contribution in [1.82, 2.24) is 0 Å². The Bertz CT molecular complexity index is 468. The maximum atomic E-state index is 6.19. The molecule has 3 atom stereocenters. The van der Waals surface area contributed by atoms with E-state index in [4.69, 9.17) is 9.47 Å². The zero-order chi connectivity index (χ0) is 17.2. The molecule has 1 aromatic carbocycles. The van der Waals surface area contributed by atoms with Gasteiger partial charge in [0.25, 0.3) is 0 Å². The van der Waals surface area contributed by atoms with Crippen molar-refractivity contribution in [2.75, 3.05) is 6.61 Å². The Balaban J connectivity index is 1.46. The molecule has 2 heteroatoms. The number of hydrogen-bond acceptors (Lipinski definition) is 2. The molecule has 0 spiro atoms. The van der Waals surface area contributed by atoms with Crippen LogP contribution in [0.25, 0.3) is 0 Å². The van der Waals surface area contributed by atoms with Gasteiger partial charge in [-0.3, -0.25) is 0 Å². The van der Waals surface area contributed by atoms with Gasteiger partial charge in [0.1, 0.15) is 0 Å². The van der Waals surface area contributed by atoms with Crippen molar-refractivity contribution in [2.24, 2.45) is 5.92 Å². The monoisotopic (exact) mass is 330 g/mol. The highest BCUT2D eigenvalue weighted by atomic mass is 16.5. The smallest absolute Gasteiger partial charge is 0.0716 e. The molecule has 0 radical (unpaired) electrons. The number of hydrogen-bond donors (Lipinski definition) is 0. The fourth-order valence-electron chi connectivity index (χ4n) is 3.54. The largest absolute Gasteiger partial charge is 0.377 e. The van der Waals surface area contributed by atoms with Gasteiger partial charge in [0.15, 0.2) is 0 Å². The third kappa shape index (κ3) is 7.19. The first-order chi connectivity index (χ1) is 11.6. The highest BCUT2D eigenvalue weighted by molar-refractivity contribution is 5.13. The summed E-state index contributed by atoms with van der Waals surface area (Å²) in [4.78, 5) is 0. The van der Waals surface area contributed by atoms with Gasteiger partial charge in [0.05, 0.1) is 18.8 Å². The van der Waals surface area contributed by atoms with E-state index in [1.165, 1.54) is 43.2 Å². The van der Waals surface area contributed by atoms with Crippen molar-refractivity contribution in [3.63, 3.8) is 0 Å². The van der Waals surface area contributed by atoms with Gasteiger partial charge in [-0.1, -0.05) is 62.1 Å². The molecule has 0 unspecified atom stereocenters. The number of ether oxygens (including phenoxy) is 2. The molecule has 134 valence electrons. The van der Waals surface area contributed by atoms with E-state index in [1.807, 2.05) is 6.07 Å². The van der Waals surface area contributed by atoms with Crippen molar-refractivity contribution < 1.29 is 9.47 Å². The van der Waals surface area contributed by atoms with Crippen LogP contribution in [0.5, 0.6) is 0 Å². The van der Waals surface area contributed by atoms with Crippen LogP contribution >= 0.6 is 0 Å². The van der Waals surface area contributed by atoms with Gasteiger partial charge in [-0.2, -0.15) is 0 Å². The van der Waals surface area contributed by atoms with Crippen LogP contribution in [0.2, 0.25) is 0 Å². The molecule has 1 saturated heterocycles. The Morgan fingerprint density at radius 1 is 1.17 bits per heavy atom. The second-order valence-electron chi connectivity index (χ2n) is 7.41. The summed E-state index contributed by atoms with van der Waals surface area (Å²) in [6.45, 7) is 10.0. The maximum absolute atomic E-state index is 6.19. The minimum Gasteiger partial charge on any atom is -0.377 e. The van der Waals surface area contributed by atoms with E-state index >= 15 is 0 Å². The first-order valence-electron chi connectivity index (χ1n) is 9.56. The van der Waals surface area contributed by atoms with E-state index in [9.17, 15) is 0 Å². The molecule has 0 aliphatic carbocycles. The molecule has 1 aliphatic heterocycles. The Morgan fingerprint density at radius 2 is 1.92 bits per heavy atom. The molecule has 0 aromatic heterocycles. The minimum absolute atomic E-state index is 0.411. The lowest BCUT2D eigenvalue weighted by atomic mass is 9.96. The summed E-state index contributed by atoms with van der Waals surface area (Å²) >= 11 is 0. The first-order valence-corrected chi connectivity index (χ1v) is 9.56. The topological polar surface area (TPSA) is 18.5 Å². The molecular formula is C22H34O2. The third-order valence-electron chi connectivity index (χ3n) is 4.85. The van der Waals surface area contributed by atoms with Crippen LogP contribution in [-0.4, -0.2) is 18.8 Å². The maximum Gasteiger partial charge on any atom is 0.0716 e. The summed E-state index contributed by atoms with van der Waals surface area (Å²) in [5.74, 6) is 0.698. The summed E-state index contributed by atoms with van der Waals surface area (Å²) in [5, 5.41) is 0. The van der Waals surface area contributed by atoms with Crippen molar-refractivity contribution in [2.45, 2.75) is 77.6 Å². The normalized spacial score (nSPS) is 23.5. The van der Waals surface area contributed by atoms with Crippen LogP contribution in [0, 0.1) is 5.92 Å². The molecule has 0 bridgehead atoms. The van der Waals surface area contributed by atoms with E-state index in [2.05, 4.69) is 44.7 Å². The summed E-state index contributed by atoms with van der Waals surface area (Å²) in [7, 11) is 0. The molecule has 0 amide bonds. The lowest BCUT2D eigenvalue weighted by Crippen LogP contribution is -2.14. The fourth-order valence-corrected chi connectivity index (χ4v) is 3.54. The lowest BCUT2D eigenvalue weighted by molar-refractivity contribution is 0.0302. The minimum atomic E-state index is 0.411. The highest BCUT2D eigenvalue weighted by Crippen LogP contribution is 2.32. The Kier molecular flexibility index (Phi) is 8.55. The van der Waals surface area contributed by atoms with Crippen molar-refractivity contribution in [1.29, 1.82) is 0 Å². The molecule has 2 nitrogen and oxygen atoms in total. The summed E-state index contributed by atoms with van der Waals surface area (Å²) in [6, 6.07) is 10.4. The number of unbranched alkanes of at least 4 members (excludes halogenated alkanes) is 3. The van der Waals surface area contributed by atoms with Crippen molar-refractivity contribution in [3.8, 4) is 0 Å². The average Bonchev–Trinajstić information content (AvgIpc) is 2.89. The van der Waals surface area contributed by atoms with E-state index in [0.29, 0.717) is 18.1 Å². The van der Waals surface area contributed by atoms with E-state index in [-0.39, 0.29) is 0 Å². The van der Waals surface area contributed by atoms with Gasteiger partial charge in [0, 0.05) is 6.61 Å². The van der Waals surface area contributed by atoms with Gasteiger partial charge in [-0.15, -0.1) is 6.58 Å². The van der Waals surface area contributed by atoms with E-state index in [0.717, 1.165) is 26.1 Å². The van der Waals surface area contributed by atoms with Crippen LogP contribution in [0.1, 0.15) is 64.4 Å². The summed E-state index contributed by atoms with van der Waals surface area (Å²) in [6.07, 6.45) is 9.28. The molecule has 0 saturated carbocycles. The van der Waals surface area contributed by atoms with Gasteiger partial charge < -0.3 is 9.47 Å². The predicted octanol–water partition coefficient (Wildman–Crippen LogP) is 5.91. The Hall–Kier alpha value is -1.12. The van der Waals surface area contributed by atoms with Gasteiger partial charge in [0.2, 0.25) is 0 Å². The molecule has 1 heterocycles. The number of benzene rings is 1. The molecule has 1 fully saturated rings. The van der Waals surface area contributed by atoms with Crippen LogP contribution in [0.4, 0.5) is 0 Å². The predicted molar refractivity (Wildman–Crippen MR) is 101 cm³/mol. The summed E-state index contributed by atoms with van der Waals surface area (Å²) < 4.78 is 11.9. The van der Waals surface area contributed by atoms with Crippen LogP contribution in [0.15, 0.2) is 42.5 Å². The molecule has 24 heavy (non-hydrogen) atoms. The first kappa shape index (κ1) is 19.2. The SMILES string of the molecule is C=C(C)C[C@@H]1C[C@@H](C)[C@H](CCCCCCOCc2ccccc2)O1. The average molecular weight is 331 g/mol. The standard InChI is InChI=1S/C22H34O2/c1-18(2)15-21-16-19(3)22(24-21)13-9-4-5-10-14-23-17-20-11-7-6-8-12-20/h6-8,11-12,19,21-22H,1,4-5,9-10,13-17H2,2-3H3/t19-,21-,22+/m1/s1. The molecular weight excluding hydrogens is 296 g/mol. The highest BCUT2D eigenvalue weighted by Gasteiger charge is 2.31. The van der Waals surface area contributed by atoms with Crippen LogP contribution in [-0.2, 0) is 16.1 Å². The van der Waals surface area contributed by atoms with Crippen LogP contribution in [0.3, 0.4) is 0 Å². The number of rotatable bonds is 11. The second-order valence-corrected chi connectivity index (χ2v) is 7.41. The van der Waals surface area contributed by atoms with Crippen molar-refractivity contribution in [3.05, 3.63) is 48.0 Å². The zero-order valence-corrected chi connectivity index (χ0v) is 15.5. The zero-order valence-electron chi connectivity index (χ0n) is 15.5. The van der Waals surface area contributed by atoms with Crippen LogP contribution < -0.4 is 0 Å². The van der Waals surface area contributed by atoms with E-state index in [1.54, 1.807) is 0 Å². The second kappa shape index (κ2) is 10.7. The fraction of sp³-hybridized carbons (Fsp3) is 0.636. The Morgan fingerprint density at radius 3 is 2.67 bits per heavy atom. The molecule has 2 rings (SSSR count). The quantitative estimate of drug-likeness (QED) is 0.371. The lowest BCUT2D eigenvalue weighted by Gasteiger charge is -2.15. The molecule has 1 aromatic rings. The van der Waals surface area contributed by atoms with Gasteiger partial charge in [-0.25, -0.2) is 0 Å². The third-order valence-corrected chi connectivity index (χ3v) is 4.85. The van der Waals surface area contributed by atoms with Gasteiger partial charge >= 0.3 is 0 Å².